The van der Waals surface area contributed by atoms with Crippen LogP contribution in [0.25, 0.3) is 0 Å². The molecule has 0 saturated carbocycles. The summed E-state index contributed by atoms with van der Waals surface area (Å²) in [4.78, 5) is 32.5. The Balaban J connectivity index is 2.39. The van der Waals surface area contributed by atoms with E-state index in [0.717, 1.165) is 0 Å². The number of rotatable bonds is 8. The predicted molar refractivity (Wildman–Crippen MR) is 75.0 cm³/mol. The highest BCUT2D eigenvalue weighted by atomic mass is 16.5. The Morgan fingerprint density at radius 2 is 2.05 bits per heavy atom. The van der Waals surface area contributed by atoms with Gasteiger partial charge in [0.1, 0.15) is 5.75 Å². The van der Waals surface area contributed by atoms with Gasteiger partial charge in [-0.15, -0.1) is 0 Å². The van der Waals surface area contributed by atoms with Crippen molar-refractivity contribution in [1.29, 1.82) is 0 Å². The largest absolute Gasteiger partial charge is 0.482 e. The van der Waals surface area contributed by atoms with Crippen LogP contribution in [0.4, 0.5) is 10.5 Å². The first-order valence-electron chi connectivity index (χ1n) is 6.25. The normalized spacial score (nSPS) is 9.71. The standard InChI is InChI=1S/C13H17N3O5/c14-11(17)5-2-6-15-13(20)16-9-3-1-4-10(7-9)21-8-12(18)19/h1,3-4,7H,2,5-6,8H2,(H2,14,17)(H,18,19)(H2,15,16,20). The molecule has 1 aromatic rings. The summed E-state index contributed by atoms with van der Waals surface area (Å²) in [6.07, 6.45) is 0.670. The molecule has 3 amide bonds. The number of carboxylic acids is 1. The lowest BCUT2D eigenvalue weighted by atomic mass is 10.3. The third-order valence-electron chi connectivity index (χ3n) is 2.34. The molecule has 0 heterocycles. The predicted octanol–water partition coefficient (Wildman–Crippen LogP) is 0.537. The Morgan fingerprint density at radius 1 is 1.29 bits per heavy atom. The van der Waals surface area contributed by atoms with Gasteiger partial charge >= 0.3 is 12.0 Å². The zero-order valence-electron chi connectivity index (χ0n) is 11.3. The van der Waals surface area contributed by atoms with Crippen molar-refractivity contribution in [3.63, 3.8) is 0 Å². The van der Waals surface area contributed by atoms with Crippen LogP contribution in [0.5, 0.6) is 5.75 Å². The summed E-state index contributed by atoms with van der Waals surface area (Å²) in [5.41, 5.74) is 5.44. The van der Waals surface area contributed by atoms with Crippen LogP contribution in [0, 0.1) is 0 Å². The number of ether oxygens (including phenoxy) is 1. The SMILES string of the molecule is NC(=O)CCCNC(=O)Nc1cccc(OCC(=O)O)c1. The Kier molecular flexibility index (Phi) is 6.52. The summed E-state index contributed by atoms with van der Waals surface area (Å²) in [5, 5.41) is 13.6. The maximum Gasteiger partial charge on any atom is 0.341 e. The Labute approximate surface area is 121 Å². The molecule has 0 aliphatic carbocycles. The molecule has 21 heavy (non-hydrogen) atoms. The van der Waals surface area contributed by atoms with Gasteiger partial charge in [-0.05, 0) is 18.6 Å². The fraction of sp³-hybridized carbons (Fsp3) is 0.308. The third-order valence-corrected chi connectivity index (χ3v) is 2.34. The zero-order chi connectivity index (χ0) is 15.7. The van der Waals surface area contributed by atoms with E-state index in [2.05, 4.69) is 10.6 Å². The van der Waals surface area contributed by atoms with Crippen LogP contribution in [-0.2, 0) is 9.59 Å². The minimum atomic E-state index is -1.08. The average Bonchev–Trinajstić information content (AvgIpc) is 2.41. The first-order chi connectivity index (χ1) is 9.97. The van der Waals surface area contributed by atoms with Gasteiger partial charge in [0.15, 0.2) is 6.61 Å². The second kappa shape index (κ2) is 8.41. The monoisotopic (exact) mass is 295 g/mol. The van der Waals surface area contributed by atoms with Gasteiger partial charge in [-0.25, -0.2) is 9.59 Å². The average molecular weight is 295 g/mol. The number of carbonyl (C=O) groups excluding carboxylic acids is 2. The number of aliphatic carboxylic acids is 1. The molecule has 0 atom stereocenters. The zero-order valence-corrected chi connectivity index (χ0v) is 11.3. The van der Waals surface area contributed by atoms with Crippen molar-refractivity contribution in [2.45, 2.75) is 12.8 Å². The number of hydrogen-bond acceptors (Lipinski definition) is 4. The number of nitrogens with one attached hydrogen (secondary N) is 2. The van der Waals surface area contributed by atoms with Crippen molar-refractivity contribution in [2.24, 2.45) is 5.73 Å². The van der Waals surface area contributed by atoms with Crippen LogP contribution in [0.3, 0.4) is 0 Å². The second-order valence-corrected chi connectivity index (χ2v) is 4.16. The first kappa shape index (κ1) is 16.3. The Bertz CT molecular complexity index is 518. The summed E-state index contributed by atoms with van der Waals surface area (Å²) in [7, 11) is 0. The molecule has 0 saturated heterocycles. The molecular formula is C13H17N3O5. The molecule has 1 rings (SSSR count). The van der Waals surface area contributed by atoms with E-state index in [9.17, 15) is 14.4 Å². The van der Waals surface area contributed by atoms with E-state index in [4.69, 9.17) is 15.6 Å². The van der Waals surface area contributed by atoms with E-state index in [1.54, 1.807) is 18.2 Å². The number of urea groups is 1. The molecule has 0 aliphatic heterocycles. The first-order valence-corrected chi connectivity index (χ1v) is 6.25. The number of nitrogens with two attached hydrogens (primary N) is 1. The number of benzene rings is 1. The maximum absolute atomic E-state index is 11.6. The van der Waals surface area contributed by atoms with Crippen LogP contribution in [-0.4, -0.2) is 36.2 Å². The van der Waals surface area contributed by atoms with E-state index in [1.807, 2.05) is 0 Å². The molecule has 5 N–H and O–H groups in total. The summed E-state index contributed by atoms with van der Waals surface area (Å²) in [6, 6.07) is 5.91. The van der Waals surface area contributed by atoms with Crippen molar-refractivity contribution in [3.8, 4) is 5.75 Å². The molecule has 0 aromatic heterocycles. The maximum atomic E-state index is 11.6. The van der Waals surface area contributed by atoms with Crippen LogP contribution in [0.1, 0.15) is 12.8 Å². The van der Waals surface area contributed by atoms with Crippen LogP contribution in [0.2, 0.25) is 0 Å². The second-order valence-electron chi connectivity index (χ2n) is 4.16. The third kappa shape index (κ3) is 7.41. The number of amides is 3. The fourth-order valence-corrected chi connectivity index (χ4v) is 1.45. The van der Waals surface area contributed by atoms with E-state index >= 15 is 0 Å². The Hall–Kier alpha value is -2.77. The topological polar surface area (TPSA) is 131 Å². The summed E-state index contributed by atoms with van der Waals surface area (Å²) in [6.45, 7) is -0.132. The quantitative estimate of drug-likeness (QED) is 0.520. The highest BCUT2D eigenvalue weighted by Gasteiger charge is 2.04. The lowest BCUT2D eigenvalue weighted by Crippen LogP contribution is -2.30. The van der Waals surface area contributed by atoms with Crippen molar-refractivity contribution >= 4 is 23.6 Å². The number of hydrogen-bond donors (Lipinski definition) is 4. The van der Waals surface area contributed by atoms with Crippen LogP contribution >= 0.6 is 0 Å². The van der Waals surface area contributed by atoms with Gasteiger partial charge in [-0.3, -0.25) is 4.79 Å². The van der Waals surface area contributed by atoms with Gasteiger partial charge in [0, 0.05) is 24.7 Å². The van der Waals surface area contributed by atoms with E-state index in [1.165, 1.54) is 6.07 Å². The summed E-state index contributed by atoms with van der Waals surface area (Å²) in [5.74, 6) is -1.16. The molecule has 1 aromatic carbocycles. The molecule has 0 fully saturated rings. The summed E-state index contributed by atoms with van der Waals surface area (Å²) >= 11 is 0. The van der Waals surface area contributed by atoms with Crippen molar-refractivity contribution in [2.75, 3.05) is 18.5 Å². The van der Waals surface area contributed by atoms with E-state index in [-0.39, 0.29) is 6.42 Å². The van der Waals surface area contributed by atoms with Gasteiger partial charge in [-0.2, -0.15) is 0 Å². The molecule has 0 radical (unpaired) electrons. The molecule has 8 nitrogen and oxygen atoms in total. The minimum absolute atomic E-state index is 0.207. The fourth-order valence-electron chi connectivity index (χ4n) is 1.45. The lowest BCUT2D eigenvalue weighted by molar-refractivity contribution is -0.139. The van der Waals surface area contributed by atoms with E-state index in [0.29, 0.717) is 24.4 Å². The highest BCUT2D eigenvalue weighted by molar-refractivity contribution is 5.89. The van der Waals surface area contributed by atoms with Gasteiger partial charge in [-0.1, -0.05) is 6.07 Å². The molecule has 0 bridgehead atoms. The van der Waals surface area contributed by atoms with Gasteiger partial charge in [0.2, 0.25) is 5.91 Å². The van der Waals surface area contributed by atoms with E-state index < -0.39 is 24.5 Å². The molecule has 0 unspecified atom stereocenters. The van der Waals surface area contributed by atoms with Crippen LogP contribution in [0.15, 0.2) is 24.3 Å². The smallest absolute Gasteiger partial charge is 0.341 e. The molecule has 0 spiro atoms. The lowest BCUT2D eigenvalue weighted by Gasteiger charge is -2.09. The van der Waals surface area contributed by atoms with Crippen LogP contribution < -0.4 is 21.1 Å². The van der Waals surface area contributed by atoms with Crippen molar-refractivity contribution in [1.82, 2.24) is 5.32 Å². The molecule has 114 valence electrons. The molecule has 8 heteroatoms. The number of carbonyl (C=O) groups is 3. The molecular weight excluding hydrogens is 278 g/mol. The van der Waals surface area contributed by atoms with Crippen molar-refractivity contribution in [3.05, 3.63) is 24.3 Å². The van der Waals surface area contributed by atoms with Crippen molar-refractivity contribution < 1.29 is 24.2 Å². The van der Waals surface area contributed by atoms with Gasteiger partial charge in [0.05, 0.1) is 0 Å². The number of primary amides is 1. The minimum Gasteiger partial charge on any atom is -0.482 e. The van der Waals surface area contributed by atoms with Gasteiger partial charge in [0.25, 0.3) is 0 Å². The number of carboxylic acid groups (broad SMARTS) is 1. The summed E-state index contributed by atoms with van der Waals surface area (Å²) < 4.78 is 4.99. The highest BCUT2D eigenvalue weighted by Crippen LogP contribution is 2.17. The number of anilines is 1. The molecule has 0 aliphatic rings. The van der Waals surface area contributed by atoms with Gasteiger partial charge < -0.3 is 26.2 Å². The Morgan fingerprint density at radius 3 is 2.71 bits per heavy atom.